The number of fused-ring (bicyclic) bond motifs is 1. The fourth-order valence-electron chi connectivity index (χ4n) is 4.11. The zero-order chi connectivity index (χ0) is 15.0. The maximum absolute atomic E-state index is 3.54. The second-order valence-corrected chi connectivity index (χ2v) is 7.15. The van der Waals surface area contributed by atoms with E-state index in [0.717, 1.165) is 26.2 Å². The summed E-state index contributed by atoms with van der Waals surface area (Å²) in [6, 6.07) is 15.8. The van der Waals surface area contributed by atoms with Gasteiger partial charge in [-0.05, 0) is 36.1 Å². The summed E-state index contributed by atoms with van der Waals surface area (Å²) in [5, 5.41) is 3.54. The van der Waals surface area contributed by atoms with Crippen LogP contribution in [0.15, 0.2) is 48.7 Å². The molecule has 1 N–H and O–H groups in total. The van der Waals surface area contributed by atoms with E-state index in [1.807, 2.05) is 0 Å². The molecule has 0 bridgehead atoms. The minimum atomic E-state index is 0.391. The smallest absolute Gasteiger partial charge is 0.0756 e. The molecule has 0 saturated carbocycles. The Morgan fingerprint density at radius 2 is 2.00 bits per heavy atom. The van der Waals surface area contributed by atoms with Crippen LogP contribution >= 0.6 is 0 Å². The standard InChI is InChI=1S/C19H25N3/c1-19(9-10-20-14-19)15-22-13-12-21-11-5-8-17(21)18(22)16-6-3-2-4-7-16/h2-8,11,18,20H,9-10,12-15H2,1H3. The van der Waals surface area contributed by atoms with E-state index >= 15 is 0 Å². The molecule has 0 amide bonds. The highest BCUT2D eigenvalue weighted by Gasteiger charge is 2.36. The lowest BCUT2D eigenvalue weighted by atomic mass is 9.87. The molecule has 2 aliphatic heterocycles. The Hall–Kier alpha value is -1.58. The fourth-order valence-corrected chi connectivity index (χ4v) is 4.11. The minimum absolute atomic E-state index is 0.391. The topological polar surface area (TPSA) is 20.2 Å². The Morgan fingerprint density at radius 3 is 2.77 bits per heavy atom. The van der Waals surface area contributed by atoms with Crippen LogP contribution in [0.1, 0.15) is 30.6 Å². The molecule has 1 saturated heterocycles. The van der Waals surface area contributed by atoms with Crippen LogP contribution in [0.3, 0.4) is 0 Å². The summed E-state index contributed by atoms with van der Waals surface area (Å²) in [5.74, 6) is 0. The predicted molar refractivity (Wildman–Crippen MR) is 89.9 cm³/mol. The van der Waals surface area contributed by atoms with Crippen LogP contribution in [0.5, 0.6) is 0 Å². The lowest BCUT2D eigenvalue weighted by Crippen LogP contribution is -2.44. The van der Waals surface area contributed by atoms with Crippen molar-refractivity contribution in [1.29, 1.82) is 0 Å². The highest BCUT2D eigenvalue weighted by atomic mass is 15.2. The monoisotopic (exact) mass is 295 g/mol. The fraction of sp³-hybridized carbons (Fsp3) is 0.474. The molecule has 2 unspecified atom stereocenters. The van der Waals surface area contributed by atoms with Gasteiger partial charge < -0.3 is 9.88 Å². The van der Waals surface area contributed by atoms with Crippen molar-refractivity contribution in [2.75, 3.05) is 26.2 Å². The van der Waals surface area contributed by atoms with Crippen LogP contribution in [-0.2, 0) is 6.54 Å². The van der Waals surface area contributed by atoms with Gasteiger partial charge in [0.25, 0.3) is 0 Å². The number of aromatic nitrogens is 1. The molecule has 0 radical (unpaired) electrons. The van der Waals surface area contributed by atoms with Gasteiger partial charge in [-0.1, -0.05) is 37.3 Å². The summed E-state index contributed by atoms with van der Waals surface area (Å²) in [5.41, 5.74) is 3.26. The van der Waals surface area contributed by atoms with E-state index in [0.29, 0.717) is 11.5 Å². The van der Waals surface area contributed by atoms with E-state index in [9.17, 15) is 0 Å². The highest BCUT2D eigenvalue weighted by Crippen LogP contribution is 2.36. The van der Waals surface area contributed by atoms with Crippen LogP contribution in [0.25, 0.3) is 0 Å². The number of hydrogen-bond acceptors (Lipinski definition) is 2. The van der Waals surface area contributed by atoms with Crippen molar-refractivity contribution < 1.29 is 0 Å². The largest absolute Gasteiger partial charge is 0.348 e. The number of hydrogen-bond donors (Lipinski definition) is 1. The molecule has 1 fully saturated rings. The first-order valence-corrected chi connectivity index (χ1v) is 8.40. The predicted octanol–water partition coefficient (Wildman–Crippen LogP) is 2.89. The number of nitrogens with zero attached hydrogens (tertiary/aromatic N) is 2. The molecule has 4 rings (SSSR count). The molecule has 1 aromatic carbocycles. The molecule has 3 heterocycles. The second kappa shape index (κ2) is 5.56. The highest BCUT2D eigenvalue weighted by molar-refractivity contribution is 5.30. The van der Waals surface area contributed by atoms with Crippen LogP contribution < -0.4 is 5.32 Å². The molecule has 116 valence electrons. The van der Waals surface area contributed by atoms with Crippen LogP contribution in [0.2, 0.25) is 0 Å². The Morgan fingerprint density at radius 1 is 1.14 bits per heavy atom. The molecule has 2 atom stereocenters. The Kier molecular flexibility index (Phi) is 3.55. The molecule has 3 heteroatoms. The van der Waals surface area contributed by atoms with Gasteiger partial charge in [0.1, 0.15) is 0 Å². The molecule has 2 aromatic rings. The van der Waals surface area contributed by atoms with Crippen molar-refractivity contribution in [3.05, 3.63) is 59.9 Å². The number of rotatable bonds is 3. The van der Waals surface area contributed by atoms with Gasteiger partial charge in [-0.2, -0.15) is 0 Å². The summed E-state index contributed by atoms with van der Waals surface area (Å²) < 4.78 is 2.42. The lowest BCUT2D eigenvalue weighted by Gasteiger charge is -2.41. The first-order valence-electron chi connectivity index (χ1n) is 8.40. The van der Waals surface area contributed by atoms with Gasteiger partial charge in [-0.25, -0.2) is 0 Å². The maximum atomic E-state index is 3.54. The first-order chi connectivity index (χ1) is 10.8. The third-order valence-electron chi connectivity index (χ3n) is 5.30. The van der Waals surface area contributed by atoms with Crippen molar-refractivity contribution in [3.63, 3.8) is 0 Å². The molecule has 22 heavy (non-hydrogen) atoms. The van der Waals surface area contributed by atoms with E-state index < -0.39 is 0 Å². The van der Waals surface area contributed by atoms with Gasteiger partial charge in [0.2, 0.25) is 0 Å². The number of benzene rings is 1. The van der Waals surface area contributed by atoms with Crippen LogP contribution in [0.4, 0.5) is 0 Å². The third-order valence-corrected chi connectivity index (χ3v) is 5.30. The first kappa shape index (κ1) is 14.0. The Labute approximate surface area is 132 Å². The van der Waals surface area contributed by atoms with E-state index in [1.54, 1.807) is 0 Å². The van der Waals surface area contributed by atoms with E-state index in [4.69, 9.17) is 0 Å². The van der Waals surface area contributed by atoms with Crippen LogP contribution in [0, 0.1) is 5.41 Å². The normalized spacial score (nSPS) is 28.7. The minimum Gasteiger partial charge on any atom is -0.348 e. The zero-order valence-electron chi connectivity index (χ0n) is 13.3. The third kappa shape index (κ3) is 2.49. The molecule has 0 spiro atoms. The van der Waals surface area contributed by atoms with Gasteiger partial charge in [-0.3, -0.25) is 4.90 Å². The maximum Gasteiger partial charge on any atom is 0.0756 e. The van der Waals surface area contributed by atoms with Gasteiger partial charge >= 0.3 is 0 Å². The summed E-state index contributed by atoms with van der Waals surface area (Å²) >= 11 is 0. The molecule has 3 nitrogen and oxygen atoms in total. The van der Waals surface area contributed by atoms with Crippen molar-refractivity contribution in [1.82, 2.24) is 14.8 Å². The quantitative estimate of drug-likeness (QED) is 0.939. The number of nitrogens with one attached hydrogen (secondary N) is 1. The van der Waals surface area contributed by atoms with Gasteiger partial charge in [0.15, 0.2) is 0 Å². The lowest BCUT2D eigenvalue weighted by molar-refractivity contribution is 0.120. The zero-order valence-corrected chi connectivity index (χ0v) is 13.3. The van der Waals surface area contributed by atoms with E-state index in [1.165, 1.54) is 24.2 Å². The SMILES string of the molecule is CC1(CN2CCn3cccc3C2c2ccccc2)CCNC1. The Balaban J connectivity index is 1.68. The average Bonchev–Trinajstić information content (AvgIpc) is 3.17. The van der Waals surface area contributed by atoms with Crippen molar-refractivity contribution in [3.8, 4) is 0 Å². The summed E-state index contributed by atoms with van der Waals surface area (Å²) in [7, 11) is 0. The Bertz CT molecular complexity index is 625. The van der Waals surface area contributed by atoms with Crippen molar-refractivity contribution in [2.45, 2.75) is 25.9 Å². The molecule has 0 aliphatic carbocycles. The molecular formula is C19H25N3. The van der Waals surface area contributed by atoms with E-state index in [-0.39, 0.29) is 0 Å². The van der Waals surface area contributed by atoms with Crippen LogP contribution in [-0.4, -0.2) is 35.6 Å². The summed E-state index contributed by atoms with van der Waals surface area (Å²) in [6.07, 6.45) is 3.51. The average molecular weight is 295 g/mol. The second-order valence-electron chi connectivity index (χ2n) is 7.15. The summed E-state index contributed by atoms with van der Waals surface area (Å²) in [6.45, 7) is 8.15. The summed E-state index contributed by atoms with van der Waals surface area (Å²) in [4.78, 5) is 2.69. The molecule has 1 aromatic heterocycles. The van der Waals surface area contributed by atoms with Crippen molar-refractivity contribution >= 4 is 0 Å². The van der Waals surface area contributed by atoms with Gasteiger partial charge in [0.05, 0.1) is 6.04 Å². The van der Waals surface area contributed by atoms with Gasteiger partial charge in [0, 0.05) is 38.1 Å². The van der Waals surface area contributed by atoms with Gasteiger partial charge in [-0.15, -0.1) is 0 Å². The van der Waals surface area contributed by atoms with E-state index in [2.05, 4.69) is 70.4 Å². The molecular weight excluding hydrogens is 270 g/mol. The van der Waals surface area contributed by atoms with Crippen molar-refractivity contribution in [2.24, 2.45) is 5.41 Å². The molecule has 2 aliphatic rings.